The van der Waals surface area contributed by atoms with Gasteiger partial charge in [0.25, 0.3) is 10.1 Å². The molecule has 10 heavy (non-hydrogen) atoms. The highest BCUT2D eigenvalue weighted by Gasteiger charge is 2.06. The fourth-order valence-electron chi connectivity index (χ4n) is 0.463. The van der Waals surface area contributed by atoms with Gasteiger partial charge in [0, 0.05) is 0 Å². The molecule has 0 aromatic carbocycles. The van der Waals surface area contributed by atoms with Crippen LogP contribution in [-0.4, -0.2) is 33.3 Å². The maximum atomic E-state index is 10.6. The lowest BCUT2D eigenvalue weighted by Gasteiger charge is -1.98. The van der Waals surface area contributed by atoms with Gasteiger partial charge in [-0.1, -0.05) is 0 Å². The van der Waals surface area contributed by atoms with Gasteiger partial charge >= 0.3 is 0 Å². The molecule has 0 heterocycles. The largest absolute Gasteiger partial charge is 0.273 e. The molecule has 3 nitrogen and oxygen atoms in total. The first-order valence-corrected chi connectivity index (χ1v) is 5.87. The average molecular weight is 184 g/mol. The first-order chi connectivity index (χ1) is 4.62. The van der Waals surface area contributed by atoms with E-state index in [-0.39, 0.29) is 5.75 Å². The Hall–Kier alpha value is 0.260. The highest BCUT2D eigenvalue weighted by atomic mass is 32.2. The Morgan fingerprint density at radius 2 is 2.10 bits per heavy atom. The molecule has 0 aromatic rings. The number of hydrogen-bond donors (Lipinski definition) is 0. The lowest BCUT2D eigenvalue weighted by Crippen LogP contribution is -2.08. The molecule has 0 radical (unpaired) electrons. The zero-order valence-corrected chi connectivity index (χ0v) is 7.80. The molecule has 0 N–H and O–H groups in total. The van der Waals surface area contributed by atoms with E-state index in [9.17, 15) is 8.42 Å². The molecule has 0 bridgehead atoms. The van der Waals surface area contributed by atoms with Crippen LogP contribution in [0.4, 0.5) is 0 Å². The molecule has 0 aliphatic heterocycles. The molecule has 0 spiro atoms. The van der Waals surface area contributed by atoms with E-state index < -0.39 is 10.1 Å². The van der Waals surface area contributed by atoms with Crippen molar-refractivity contribution in [2.45, 2.75) is 6.42 Å². The lowest BCUT2D eigenvalue weighted by atomic mass is 10.6. The second-order valence-corrected chi connectivity index (χ2v) is 4.62. The third-order valence-electron chi connectivity index (χ3n) is 0.997. The molecule has 0 unspecified atom stereocenters. The smallest absolute Gasteiger partial charge is 0.267 e. The summed E-state index contributed by atoms with van der Waals surface area (Å²) < 4.78 is 25.5. The maximum absolute atomic E-state index is 10.6. The van der Waals surface area contributed by atoms with Crippen LogP contribution in [0.5, 0.6) is 0 Å². The summed E-state index contributed by atoms with van der Waals surface area (Å²) in [7, 11) is -2.02. The van der Waals surface area contributed by atoms with Gasteiger partial charge in [0.05, 0.1) is 12.9 Å². The van der Waals surface area contributed by atoms with Crippen LogP contribution in [0.2, 0.25) is 0 Å². The monoisotopic (exact) mass is 184 g/mol. The maximum Gasteiger partial charge on any atom is 0.267 e. The normalized spacial score (nSPS) is 11.8. The van der Waals surface area contributed by atoms with Crippen LogP contribution in [0.25, 0.3) is 0 Å². The Balaban J connectivity index is 3.49. The second-order valence-electron chi connectivity index (χ2n) is 1.77. The summed E-state index contributed by atoms with van der Waals surface area (Å²) in [6, 6.07) is 0. The molecule has 0 amide bonds. The van der Waals surface area contributed by atoms with Crippen molar-refractivity contribution in [3.05, 3.63) is 0 Å². The molecule has 0 saturated heterocycles. The molecular weight excluding hydrogens is 172 g/mol. The van der Waals surface area contributed by atoms with Gasteiger partial charge in [0.2, 0.25) is 0 Å². The van der Waals surface area contributed by atoms with Crippen molar-refractivity contribution < 1.29 is 12.6 Å². The zero-order valence-electron chi connectivity index (χ0n) is 6.16. The number of rotatable bonds is 5. The predicted molar refractivity (Wildman–Crippen MR) is 43.8 cm³/mol. The van der Waals surface area contributed by atoms with Crippen LogP contribution in [-0.2, 0) is 14.3 Å². The number of hydrogen-bond acceptors (Lipinski definition) is 4. The van der Waals surface area contributed by atoms with Gasteiger partial charge in [-0.05, 0) is 18.4 Å². The first-order valence-electron chi connectivity index (χ1n) is 2.89. The van der Waals surface area contributed by atoms with Crippen LogP contribution >= 0.6 is 11.8 Å². The minimum absolute atomic E-state index is 0.129. The van der Waals surface area contributed by atoms with E-state index in [1.807, 2.05) is 6.26 Å². The number of thioether (sulfide) groups is 1. The Morgan fingerprint density at radius 3 is 2.50 bits per heavy atom. The third-order valence-corrected chi connectivity index (χ3v) is 2.99. The van der Waals surface area contributed by atoms with Gasteiger partial charge in [-0.15, -0.1) is 0 Å². The molecule has 62 valence electrons. The van der Waals surface area contributed by atoms with Gasteiger partial charge in [-0.2, -0.15) is 20.2 Å². The van der Waals surface area contributed by atoms with Crippen molar-refractivity contribution >= 4 is 21.9 Å². The van der Waals surface area contributed by atoms with Crippen LogP contribution in [0, 0.1) is 0 Å². The van der Waals surface area contributed by atoms with Crippen molar-refractivity contribution in [2.24, 2.45) is 0 Å². The molecular formula is C5H12O3S2. The summed E-state index contributed by atoms with van der Waals surface area (Å²) in [4.78, 5) is 0. The first kappa shape index (κ1) is 10.3. The Kier molecular flexibility index (Phi) is 5.11. The van der Waals surface area contributed by atoms with E-state index in [0.29, 0.717) is 6.42 Å². The van der Waals surface area contributed by atoms with Crippen LogP contribution in [0.1, 0.15) is 6.42 Å². The van der Waals surface area contributed by atoms with E-state index in [0.717, 1.165) is 5.75 Å². The summed E-state index contributed by atoms with van der Waals surface area (Å²) >= 11 is 1.63. The topological polar surface area (TPSA) is 43.4 Å². The summed E-state index contributed by atoms with van der Waals surface area (Å²) in [5.41, 5.74) is 0. The molecule has 5 heteroatoms. The minimum atomic E-state index is -3.21. The summed E-state index contributed by atoms with van der Waals surface area (Å²) in [6.45, 7) is 0. The standard InChI is InChI=1S/C5H12O3S2/c1-8-10(6,7)5-3-4-9-2/h3-5H2,1-2H3. The van der Waals surface area contributed by atoms with Crippen molar-refractivity contribution in [1.82, 2.24) is 0 Å². The zero-order chi connectivity index (χ0) is 8.04. The van der Waals surface area contributed by atoms with Gasteiger partial charge in [0.15, 0.2) is 0 Å². The van der Waals surface area contributed by atoms with Gasteiger partial charge in [0.1, 0.15) is 0 Å². The molecule has 0 atom stereocenters. The third kappa shape index (κ3) is 5.08. The molecule has 0 fully saturated rings. The highest BCUT2D eigenvalue weighted by Crippen LogP contribution is 1.99. The van der Waals surface area contributed by atoms with Gasteiger partial charge < -0.3 is 0 Å². The van der Waals surface area contributed by atoms with E-state index in [1.165, 1.54) is 7.11 Å². The van der Waals surface area contributed by atoms with E-state index in [4.69, 9.17) is 0 Å². The van der Waals surface area contributed by atoms with E-state index in [1.54, 1.807) is 11.8 Å². The fraction of sp³-hybridized carbons (Fsp3) is 1.00. The minimum Gasteiger partial charge on any atom is -0.273 e. The van der Waals surface area contributed by atoms with E-state index >= 15 is 0 Å². The van der Waals surface area contributed by atoms with Crippen molar-refractivity contribution in [3.63, 3.8) is 0 Å². The van der Waals surface area contributed by atoms with Crippen molar-refractivity contribution in [2.75, 3.05) is 24.9 Å². The van der Waals surface area contributed by atoms with Crippen LogP contribution in [0.3, 0.4) is 0 Å². The van der Waals surface area contributed by atoms with Crippen LogP contribution in [0.15, 0.2) is 0 Å². The molecule has 0 rings (SSSR count). The SMILES string of the molecule is COS(=O)(=O)CCCSC. The Bertz CT molecular complexity index is 162. The van der Waals surface area contributed by atoms with E-state index in [2.05, 4.69) is 4.18 Å². The second kappa shape index (κ2) is 4.98. The summed E-state index contributed by atoms with van der Waals surface area (Å²) in [5, 5.41) is 0. The van der Waals surface area contributed by atoms with Crippen molar-refractivity contribution in [1.29, 1.82) is 0 Å². The summed E-state index contributed by atoms with van der Waals surface area (Å²) in [5.74, 6) is 0.993. The molecule has 0 saturated carbocycles. The van der Waals surface area contributed by atoms with Crippen molar-refractivity contribution in [3.8, 4) is 0 Å². The van der Waals surface area contributed by atoms with Gasteiger partial charge in [-0.25, -0.2) is 0 Å². The quantitative estimate of drug-likeness (QED) is 0.466. The molecule has 0 aliphatic carbocycles. The lowest BCUT2D eigenvalue weighted by molar-refractivity contribution is 0.397. The Morgan fingerprint density at radius 1 is 1.50 bits per heavy atom. The highest BCUT2D eigenvalue weighted by molar-refractivity contribution is 7.98. The molecule has 0 aliphatic rings. The van der Waals surface area contributed by atoms with Gasteiger partial charge in [-0.3, -0.25) is 4.18 Å². The fourth-order valence-corrected chi connectivity index (χ4v) is 1.74. The predicted octanol–water partition coefficient (Wildman–Crippen LogP) is 0.716. The van der Waals surface area contributed by atoms with Crippen LogP contribution < -0.4 is 0 Å². The molecule has 0 aromatic heterocycles. The Labute approximate surface area is 66.3 Å². The average Bonchev–Trinajstić information content (AvgIpc) is 1.89. The summed E-state index contributed by atoms with van der Waals surface area (Å²) in [6.07, 6.45) is 2.61.